The van der Waals surface area contributed by atoms with Gasteiger partial charge >= 0.3 is 0 Å². The van der Waals surface area contributed by atoms with Crippen molar-refractivity contribution in [1.82, 2.24) is 9.97 Å². The van der Waals surface area contributed by atoms with E-state index < -0.39 is 0 Å². The Hall–Kier alpha value is -2.82. The summed E-state index contributed by atoms with van der Waals surface area (Å²) >= 11 is 0. The first-order valence-electron chi connectivity index (χ1n) is 7.46. The number of hydrogen-bond acceptors (Lipinski definition) is 5. The molecule has 0 unspecified atom stereocenters. The van der Waals surface area contributed by atoms with Crippen molar-refractivity contribution in [3.8, 4) is 11.5 Å². The highest BCUT2D eigenvalue weighted by Gasteiger charge is 2.05. The number of anilines is 1. The van der Waals surface area contributed by atoms with Gasteiger partial charge in [-0.25, -0.2) is 4.98 Å². The van der Waals surface area contributed by atoms with Gasteiger partial charge in [0.25, 0.3) is 0 Å². The Labute approximate surface area is 135 Å². The van der Waals surface area contributed by atoms with Gasteiger partial charge in [0.15, 0.2) is 11.5 Å². The zero-order chi connectivity index (χ0) is 16.1. The largest absolute Gasteiger partial charge is 0.493 e. The number of nitrogens with zero attached hydrogens (tertiary/aromatic N) is 2. The van der Waals surface area contributed by atoms with Gasteiger partial charge in [0.1, 0.15) is 5.82 Å². The molecular formula is C18H19N3O2. The standard InChI is InChI=1S/C18H19N3O2/c1-22-16-8-7-13(11-17(16)23-2)9-10-19-18-12-20-14-5-3-4-6-15(14)21-18/h3-8,11-12H,9-10H2,1-2H3,(H,19,21). The van der Waals surface area contributed by atoms with Crippen molar-refractivity contribution >= 4 is 16.9 Å². The van der Waals surface area contributed by atoms with E-state index in [1.165, 1.54) is 5.56 Å². The quantitative estimate of drug-likeness (QED) is 0.757. The van der Waals surface area contributed by atoms with Crippen LogP contribution in [0.3, 0.4) is 0 Å². The summed E-state index contributed by atoms with van der Waals surface area (Å²) in [6.07, 6.45) is 2.62. The van der Waals surface area contributed by atoms with Crippen molar-refractivity contribution in [3.63, 3.8) is 0 Å². The minimum atomic E-state index is 0.740. The fourth-order valence-corrected chi connectivity index (χ4v) is 2.41. The van der Waals surface area contributed by atoms with Gasteiger partial charge < -0.3 is 14.8 Å². The third-order valence-electron chi connectivity index (χ3n) is 3.62. The van der Waals surface area contributed by atoms with Crippen LogP contribution in [0.5, 0.6) is 11.5 Å². The van der Waals surface area contributed by atoms with Gasteiger partial charge in [-0.3, -0.25) is 4.98 Å². The summed E-state index contributed by atoms with van der Waals surface area (Å²) in [5, 5.41) is 3.31. The van der Waals surface area contributed by atoms with Crippen molar-refractivity contribution in [3.05, 3.63) is 54.2 Å². The third kappa shape index (κ3) is 3.51. The van der Waals surface area contributed by atoms with Crippen molar-refractivity contribution in [2.75, 3.05) is 26.1 Å². The molecule has 1 N–H and O–H groups in total. The Morgan fingerprint density at radius 2 is 1.74 bits per heavy atom. The number of fused-ring (bicyclic) bond motifs is 1. The van der Waals surface area contributed by atoms with E-state index in [-0.39, 0.29) is 0 Å². The zero-order valence-electron chi connectivity index (χ0n) is 13.2. The molecular weight excluding hydrogens is 290 g/mol. The number of aromatic nitrogens is 2. The van der Waals surface area contributed by atoms with Crippen LogP contribution in [0.25, 0.3) is 11.0 Å². The molecule has 0 atom stereocenters. The molecule has 5 heteroatoms. The highest BCUT2D eigenvalue weighted by Crippen LogP contribution is 2.27. The van der Waals surface area contributed by atoms with Gasteiger partial charge in [0.05, 0.1) is 31.4 Å². The molecule has 5 nitrogen and oxygen atoms in total. The van der Waals surface area contributed by atoms with Gasteiger partial charge in [0.2, 0.25) is 0 Å². The van der Waals surface area contributed by atoms with Crippen molar-refractivity contribution in [2.24, 2.45) is 0 Å². The van der Waals surface area contributed by atoms with E-state index in [1.807, 2.05) is 42.5 Å². The molecule has 0 radical (unpaired) electrons. The van der Waals surface area contributed by atoms with E-state index in [1.54, 1.807) is 20.4 Å². The Morgan fingerprint density at radius 3 is 2.52 bits per heavy atom. The Balaban J connectivity index is 1.64. The fourth-order valence-electron chi connectivity index (χ4n) is 2.41. The molecule has 0 saturated heterocycles. The van der Waals surface area contributed by atoms with Crippen LogP contribution < -0.4 is 14.8 Å². The SMILES string of the molecule is COc1ccc(CCNc2cnc3ccccc3n2)cc1OC. The number of rotatable bonds is 6. The topological polar surface area (TPSA) is 56.3 Å². The lowest BCUT2D eigenvalue weighted by atomic mass is 10.1. The van der Waals surface area contributed by atoms with E-state index in [2.05, 4.69) is 15.3 Å². The number of nitrogens with one attached hydrogen (secondary N) is 1. The van der Waals surface area contributed by atoms with Crippen molar-refractivity contribution in [2.45, 2.75) is 6.42 Å². The Kier molecular flexibility index (Phi) is 4.57. The van der Waals surface area contributed by atoms with E-state index >= 15 is 0 Å². The van der Waals surface area contributed by atoms with Crippen LogP contribution in [-0.4, -0.2) is 30.7 Å². The Morgan fingerprint density at radius 1 is 0.957 bits per heavy atom. The molecule has 0 aliphatic heterocycles. The summed E-state index contributed by atoms with van der Waals surface area (Å²) in [7, 11) is 3.28. The highest BCUT2D eigenvalue weighted by atomic mass is 16.5. The minimum Gasteiger partial charge on any atom is -0.493 e. The van der Waals surface area contributed by atoms with Crippen molar-refractivity contribution in [1.29, 1.82) is 0 Å². The maximum absolute atomic E-state index is 5.32. The first-order chi connectivity index (χ1) is 11.3. The molecule has 0 amide bonds. The van der Waals surface area contributed by atoms with Crippen LogP contribution in [0.2, 0.25) is 0 Å². The molecule has 0 aliphatic rings. The third-order valence-corrected chi connectivity index (χ3v) is 3.62. The first-order valence-corrected chi connectivity index (χ1v) is 7.46. The van der Waals surface area contributed by atoms with Gasteiger partial charge in [0, 0.05) is 6.54 Å². The lowest BCUT2D eigenvalue weighted by Crippen LogP contribution is -2.07. The van der Waals surface area contributed by atoms with E-state index in [0.717, 1.165) is 41.3 Å². The summed E-state index contributed by atoms with van der Waals surface area (Å²) in [6, 6.07) is 13.8. The smallest absolute Gasteiger partial charge is 0.160 e. The highest BCUT2D eigenvalue weighted by molar-refractivity contribution is 5.75. The molecule has 23 heavy (non-hydrogen) atoms. The van der Waals surface area contributed by atoms with Gasteiger partial charge in [-0.1, -0.05) is 18.2 Å². The Bertz CT molecular complexity index is 805. The summed E-state index contributed by atoms with van der Waals surface area (Å²) < 4.78 is 10.6. The molecule has 118 valence electrons. The lowest BCUT2D eigenvalue weighted by Gasteiger charge is -2.10. The van der Waals surface area contributed by atoms with E-state index in [4.69, 9.17) is 9.47 Å². The normalized spacial score (nSPS) is 10.5. The van der Waals surface area contributed by atoms with E-state index in [9.17, 15) is 0 Å². The van der Waals surface area contributed by atoms with Gasteiger partial charge in [-0.15, -0.1) is 0 Å². The van der Waals surface area contributed by atoms with Crippen LogP contribution in [-0.2, 0) is 6.42 Å². The molecule has 3 aromatic rings. The fraction of sp³-hybridized carbons (Fsp3) is 0.222. The second kappa shape index (κ2) is 6.96. The van der Waals surface area contributed by atoms with Crippen molar-refractivity contribution < 1.29 is 9.47 Å². The zero-order valence-corrected chi connectivity index (χ0v) is 13.2. The molecule has 0 bridgehead atoms. The summed E-state index contributed by atoms with van der Waals surface area (Å²) in [5.74, 6) is 2.27. The molecule has 2 aromatic carbocycles. The maximum atomic E-state index is 5.32. The summed E-state index contributed by atoms with van der Waals surface area (Å²) in [6.45, 7) is 0.766. The average molecular weight is 309 g/mol. The predicted molar refractivity (Wildman–Crippen MR) is 91.3 cm³/mol. The molecule has 1 heterocycles. The van der Waals surface area contributed by atoms with Crippen LogP contribution in [0, 0.1) is 0 Å². The second-order valence-electron chi connectivity index (χ2n) is 5.11. The second-order valence-corrected chi connectivity index (χ2v) is 5.11. The van der Waals surface area contributed by atoms with E-state index in [0.29, 0.717) is 0 Å². The van der Waals surface area contributed by atoms with Crippen LogP contribution in [0.4, 0.5) is 5.82 Å². The molecule has 0 spiro atoms. The number of hydrogen-bond donors (Lipinski definition) is 1. The maximum Gasteiger partial charge on any atom is 0.160 e. The molecule has 0 aliphatic carbocycles. The first kappa shape index (κ1) is 15.1. The lowest BCUT2D eigenvalue weighted by molar-refractivity contribution is 0.354. The van der Waals surface area contributed by atoms with Gasteiger partial charge in [-0.05, 0) is 36.2 Å². The molecule has 1 aromatic heterocycles. The van der Waals surface area contributed by atoms with Gasteiger partial charge in [-0.2, -0.15) is 0 Å². The molecule has 0 saturated carbocycles. The summed E-state index contributed by atoms with van der Waals surface area (Å²) in [4.78, 5) is 8.94. The minimum absolute atomic E-state index is 0.740. The van der Waals surface area contributed by atoms with Crippen LogP contribution >= 0.6 is 0 Å². The predicted octanol–water partition coefficient (Wildman–Crippen LogP) is 3.30. The molecule has 3 rings (SSSR count). The van der Waals surface area contributed by atoms with Crippen LogP contribution in [0.15, 0.2) is 48.7 Å². The monoisotopic (exact) mass is 309 g/mol. The molecule has 0 fully saturated rings. The number of para-hydroxylation sites is 2. The van der Waals surface area contributed by atoms with Crippen LogP contribution in [0.1, 0.15) is 5.56 Å². The number of ether oxygens (including phenoxy) is 2. The number of benzene rings is 2. The average Bonchev–Trinajstić information content (AvgIpc) is 2.61. The number of methoxy groups -OCH3 is 2. The summed E-state index contributed by atoms with van der Waals surface area (Å²) in [5.41, 5.74) is 2.96.